The average molecular weight is 354 g/mol. The second-order valence-corrected chi connectivity index (χ2v) is 5.32. The smallest absolute Gasteiger partial charge is 0.227 e. The first-order valence-corrected chi connectivity index (χ1v) is 7.65. The number of benzene rings is 1. The molecule has 1 aromatic heterocycles. The number of ether oxygens (including phenoxy) is 1. The fraction of sp³-hybridized carbons (Fsp3) is 0.333. The Labute approximate surface area is 131 Å². The van der Waals surface area contributed by atoms with E-state index in [1.54, 1.807) is 12.1 Å². The van der Waals surface area contributed by atoms with Crippen LogP contribution in [0.15, 0.2) is 29.0 Å². The lowest BCUT2D eigenvalue weighted by Crippen LogP contribution is -2.06. The van der Waals surface area contributed by atoms with Crippen LogP contribution in [-0.2, 0) is 6.42 Å². The van der Waals surface area contributed by atoms with Crippen LogP contribution >= 0.6 is 15.9 Å². The lowest BCUT2D eigenvalue weighted by molar-refractivity contribution is 0.452. The van der Waals surface area contributed by atoms with Gasteiger partial charge in [0, 0.05) is 6.54 Å². The molecule has 0 fully saturated rings. The first kappa shape index (κ1) is 15.7. The summed E-state index contributed by atoms with van der Waals surface area (Å²) in [5.41, 5.74) is 0.933. The highest BCUT2D eigenvalue weighted by atomic mass is 79.9. The second-order valence-electron chi connectivity index (χ2n) is 4.46. The van der Waals surface area contributed by atoms with Gasteiger partial charge in [-0.1, -0.05) is 13.3 Å². The summed E-state index contributed by atoms with van der Waals surface area (Å²) in [6.07, 6.45) is 3.22. The first-order chi connectivity index (χ1) is 10.2. The van der Waals surface area contributed by atoms with Gasteiger partial charge in [0.25, 0.3) is 0 Å². The van der Waals surface area contributed by atoms with Crippen LogP contribution in [0.3, 0.4) is 0 Å². The summed E-state index contributed by atoms with van der Waals surface area (Å²) >= 11 is 3.15. The number of nitrogens with zero attached hydrogens (tertiary/aromatic N) is 2. The molecule has 112 valence electrons. The molecule has 21 heavy (non-hydrogen) atoms. The summed E-state index contributed by atoms with van der Waals surface area (Å²) in [6.45, 7) is 4.87. The Morgan fingerprint density at radius 3 is 2.76 bits per heavy atom. The van der Waals surface area contributed by atoms with Gasteiger partial charge in [0.1, 0.15) is 23.7 Å². The molecule has 1 aromatic carbocycles. The van der Waals surface area contributed by atoms with Crippen molar-refractivity contribution < 1.29 is 9.13 Å². The summed E-state index contributed by atoms with van der Waals surface area (Å²) < 4.78 is 19.4. The van der Waals surface area contributed by atoms with E-state index >= 15 is 0 Å². The largest absolute Gasteiger partial charge is 0.439 e. The third kappa shape index (κ3) is 3.91. The van der Waals surface area contributed by atoms with Crippen molar-refractivity contribution in [2.24, 2.45) is 0 Å². The molecule has 0 aliphatic heterocycles. The topological polar surface area (TPSA) is 47.0 Å². The van der Waals surface area contributed by atoms with Gasteiger partial charge in [-0.25, -0.2) is 14.4 Å². The van der Waals surface area contributed by atoms with Crippen LogP contribution in [0.25, 0.3) is 0 Å². The summed E-state index contributed by atoms with van der Waals surface area (Å²) in [5.74, 6) is 1.49. The van der Waals surface area contributed by atoms with Gasteiger partial charge in [-0.05, 0) is 47.5 Å². The van der Waals surface area contributed by atoms with Crippen molar-refractivity contribution in [1.82, 2.24) is 9.97 Å². The Kier molecular flexibility index (Phi) is 5.50. The second kappa shape index (κ2) is 7.36. The monoisotopic (exact) mass is 353 g/mol. The van der Waals surface area contributed by atoms with E-state index in [9.17, 15) is 4.39 Å². The summed E-state index contributed by atoms with van der Waals surface area (Å²) in [4.78, 5) is 8.45. The molecule has 1 heterocycles. The molecule has 6 heteroatoms. The first-order valence-electron chi connectivity index (χ1n) is 6.86. The van der Waals surface area contributed by atoms with Gasteiger partial charge in [0.15, 0.2) is 0 Å². The molecule has 1 N–H and O–H groups in total. The number of nitrogens with one attached hydrogen (secondary N) is 1. The quantitative estimate of drug-likeness (QED) is 0.827. The molecule has 0 bridgehead atoms. The number of anilines is 1. The molecule has 2 aromatic rings. The molecule has 4 nitrogen and oxygen atoms in total. The molecule has 0 aliphatic rings. The van der Waals surface area contributed by atoms with Crippen molar-refractivity contribution in [1.29, 1.82) is 0 Å². The van der Waals surface area contributed by atoms with Crippen LogP contribution in [0.2, 0.25) is 0 Å². The van der Waals surface area contributed by atoms with Gasteiger partial charge in [-0.3, -0.25) is 0 Å². The van der Waals surface area contributed by atoms with Crippen molar-refractivity contribution >= 4 is 21.7 Å². The SMILES string of the molecule is CCCc1c(NCC)ncnc1Oc1ccc(F)c(Br)c1. The Balaban J connectivity index is 2.33. The highest BCUT2D eigenvalue weighted by Crippen LogP contribution is 2.30. The lowest BCUT2D eigenvalue weighted by Gasteiger charge is -2.13. The zero-order chi connectivity index (χ0) is 15.2. The minimum absolute atomic E-state index is 0.327. The van der Waals surface area contributed by atoms with Crippen molar-refractivity contribution in [2.75, 3.05) is 11.9 Å². The van der Waals surface area contributed by atoms with Gasteiger partial charge < -0.3 is 10.1 Å². The number of hydrogen-bond donors (Lipinski definition) is 1. The third-order valence-corrected chi connectivity index (χ3v) is 3.46. The molecule has 0 unspecified atom stereocenters. The maximum atomic E-state index is 13.3. The van der Waals surface area contributed by atoms with Crippen molar-refractivity contribution in [3.63, 3.8) is 0 Å². The van der Waals surface area contributed by atoms with Crippen LogP contribution in [0.1, 0.15) is 25.8 Å². The highest BCUT2D eigenvalue weighted by molar-refractivity contribution is 9.10. The number of hydrogen-bond acceptors (Lipinski definition) is 4. The van der Waals surface area contributed by atoms with E-state index in [0.717, 1.165) is 30.8 Å². The Morgan fingerprint density at radius 2 is 2.10 bits per heavy atom. The lowest BCUT2D eigenvalue weighted by atomic mass is 10.1. The van der Waals surface area contributed by atoms with Gasteiger partial charge in [-0.2, -0.15) is 0 Å². The fourth-order valence-corrected chi connectivity index (χ4v) is 2.29. The van der Waals surface area contributed by atoms with E-state index in [-0.39, 0.29) is 5.82 Å². The molecule has 0 atom stereocenters. The summed E-state index contributed by atoms with van der Waals surface area (Å²) in [7, 11) is 0. The van der Waals surface area contributed by atoms with E-state index in [1.165, 1.54) is 12.4 Å². The molecular weight excluding hydrogens is 337 g/mol. The van der Waals surface area contributed by atoms with E-state index in [2.05, 4.69) is 38.1 Å². The van der Waals surface area contributed by atoms with Crippen LogP contribution in [0.5, 0.6) is 11.6 Å². The fourth-order valence-electron chi connectivity index (χ4n) is 1.93. The van der Waals surface area contributed by atoms with Crippen molar-refractivity contribution in [3.05, 3.63) is 40.4 Å². The Hall–Kier alpha value is -1.69. The van der Waals surface area contributed by atoms with Gasteiger partial charge in [0.2, 0.25) is 5.88 Å². The van der Waals surface area contributed by atoms with E-state index in [1.807, 2.05) is 6.92 Å². The zero-order valence-corrected chi connectivity index (χ0v) is 13.6. The van der Waals surface area contributed by atoms with Gasteiger partial charge in [0.05, 0.1) is 10.0 Å². The molecule has 2 rings (SSSR count). The molecule has 0 amide bonds. The maximum absolute atomic E-state index is 13.3. The summed E-state index contributed by atoms with van der Waals surface area (Å²) in [5, 5.41) is 3.21. The van der Waals surface area contributed by atoms with E-state index in [4.69, 9.17) is 4.74 Å². The molecule has 0 saturated carbocycles. The predicted molar refractivity (Wildman–Crippen MR) is 84.4 cm³/mol. The van der Waals surface area contributed by atoms with E-state index in [0.29, 0.717) is 16.1 Å². The number of rotatable bonds is 6. The Bertz CT molecular complexity index is 622. The predicted octanol–water partition coefficient (Wildman–Crippen LogP) is 4.55. The zero-order valence-electron chi connectivity index (χ0n) is 12.0. The molecule has 0 aliphatic carbocycles. The van der Waals surface area contributed by atoms with Gasteiger partial charge in [-0.15, -0.1) is 0 Å². The highest BCUT2D eigenvalue weighted by Gasteiger charge is 2.13. The van der Waals surface area contributed by atoms with Crippen LogP contribution < -0.4 is 10.1 Å². The number of halogens is 2. The average Bonchev–Trinajstić information content (AvgIpc) is 2.46. The van der Waals surface area contributed by atoms with E-state index < -0.39 is 0 Å². The van der Waals surface area contributed by atoms with Crippen LogP contribution in [-0.4, -0.2) is 16.5 Å². The summed E-state index contributed by atoms with van der Waals surface area (Å²) in [6, 6.07) is 4.51. The minimum Gasteiger partial charge on any atom is -0.439 e. The van der Waals surface area contributed by atoms with Gasteiger partial charge >= 0.3 is 0 Å². The minimum atomic E-state index is -0.327. The van der Waals surface area contributed by atoms with Crippen LogP contribution in [0.4, 0.5) is 10.2 Å². The molecular formula is C15H17BrFN3O. The van der Waals surface area contributed by atoms with Crippen molar-refractivity contribution in [3.8, 4) is 11.6 Å². The normalized spacial score (nSPS) is 10.5. The van der Waals surface area contributed by atoms with Crippen molar-refractivity contribution in [2.45, 2.75) is 26.7 Å². The molecule has 0 radical (unpaired) electrons. The van der Waals surface area contributed by atoms with Crippen LogP contribution in [0, 0.1) is 5.82 Å². The molecule has 0 saturated heterocycles. The number of aromatic nitrogens is 2. The Morgan fingerprint density at radius 1 is 1.29 bits per heavy atom. The molecule has 0 spiro atoms. The maximum Gasteiger partial charge on any atom is 0.227 e. The standard InChI is InChI=1S/C15H17BrFN3O/c1-3-5-11-14(18-4-2)19-9-20-15(11)21-10-6-7-13(17)12(16)8-10/h6-9H,3-5H2,1-2H3,(H,18,19,20). The third-order valence-electron chi connectivity index (χ3n) is 2.86.